The molecule has 4 nitrogen and oxygen atoms in total. The number of carbonyl (C=O) groups is 1. The lowest BCUT2D eigenvalue weighted by molar-refractivity contribution is 0.117. The maximum absolute atomic E-state index is 12.0. The lowest BCUT2D eigenvalue weighted by atomic mass is 10.2. The van der Waals surface area contributed by atoms with E-state index in [-0.39, 0.29) is 12.4 Å². The third-order valence-corrected chi connectivity index (χ3v) is 2.73. The zero-order chi connectivity index (χ0) is 13.7. The van der Waals surface area contributed by atoms with Crippen LogP contribution in [0.5, 0.6) is 0 Å². The number of benzene rings is 1. The van der Waals surface area contributed by atoms with Gasteiger partial charge in [0.2, 0.25) is 0 Å². The molecule has 0 saturated heterocycles. The number of hydrogen-bond donors (Lipinski definition) is 1. The van der Waals surface area contributed by atoms with Crippen molar-refractivity contribution in [2.24, 2.45) is 0 Å². The van der Waals surface area contributed by atoms with Gasteiger partial charge in [-0.25, -0.2) is 4.79 Å². The number of aliphatic hydroxyl groups is 1. The fourth-order valence-electron chi connectivity index (χ4n) is 1.62. The molecule has 98 valence electrons. The highest BCUT2D eigenvalue weighted by molar-refractivity contribution is 5.71. The third-order valence-electron chi connectivity index (χ3n) is 2.73. The Bertz CT molecular complexity index is 544. The molecule has 0 fully saturated rings. The SMILES string of the molecule is CC1=C(O)C=CC=CN1C(=O)OCc1ccccc1. The molecule has 1 N–H and O–H groups in total. The molecule has 19 heavy (non-hydrogen) atoms. The average molecular weight is 257 g/mol. The minimum Gasteiger partial charge on any atom is -0.506 e. The van der Waals surface area contributed by atoms with Crippen molar-refractivity contribution in [2.75, 3.05) is 0 Å². The molecule has 0 radical (unpaired) electrons. The number of amides is 1. The summed E-state index contributed by atoms with van der Waals surface area (Å²) < 4.78 is 5.20. The Balaban J connectivity index is 2.02. The van der Waals surface area contributed by atoms with Crippen LogP contribution in [0.4, 0.5) is 4.79 Å². The predicted octanol–water partition coefficient (Wildman–Crippen LogP) is 3.50. The van der Waals surface area contributed by atoms with Crippen molar-refractivity contribution >= 4 is 6.09 Å². The molecule has 4 heteroatoms. The van der Waals surface area contributed by atoms with E-state index in [0.717, 1.165) is 5.56 Å². The van der Waals surface area contributed by atoms with E-state index in [2.05, 4.69) is 0 Å². The van der Waals surface area contributed by atoms with E-state index in [1.165, 1.54) is 11.0 Å². The van der Waals surface area contributed by atoms with Crippen LogP contribution in [-0.2, 0) is 11.3 Å². The lowest BCUT2D eigenvalue weighted by Gasteiger charge is -2.18. The normalized spacial score (nSPS) is 14.5. The molecule has 0 unspecified atom stereocenters. The van der Waals surface area contributed by atoms with Gasteiger partial charge in [0.15, 0.2) is 0 Å². The number of nitrogens with zero attached hydrogens (tertiary/aromatic N) is 1. The van der Waals surface area contributed by atoms with E-state index in [1.807, 2.05) is 30.3 Å². The van der Waals surface area contributed by atoms with Crippen LogP contribution in [0.2, 0.25) is 0 Å². The topological polar surface area (TPSA) is 49.8 Å². The maximum atomic E-state index is 12.0. The summed E-state index contributed by atoms with van der Waals surface area (Å²) in [5.41, 5.74) is 1.35. The second-order valence-electron chi connectivity index (χ2n) is 4.08. The first-order valence-electron chi connectivity index (χ1n) is 5.93. The highest BCUT2D eigenvalue weighted by Gasteiger charge is 2.17. The summed E-state index contributed by atoms with van der Waals surface area (Å²) in [5.74, 6) is 0.0432. The number of hydrogen-bond acceptors (Lipinski definition) is 3. The van der Waals surface area contributed by atoms with E-state index in [0.29, 0.717) is 5.70 Å². The molecule has 1 aliphatic rings. The van der Waals surface area contributed by atoms with Gasteiger partial charge in [0.05, 0.1) is 5.70 Å². The van der Waals surface area contributed by atoms with Crippen molar-refractivity contribution in [1.29, 1.82) is 0 Å². The molecule has 0 atom stereocenters. The standard InChI is InChI=1S/C15H15NO3/c1-12-14(17)9-5-6-10-16(12)15(18)19-11-13-7-3-2-4-8-13/h2-10,17H,11H2,1H3. The van der Waals surface area contributed by atoms with Gasteiger partial charge in [-0.1, -0.05) is 36.4 Å². The Morgan fingerprint density at radius 3 is 2.74 bits per heavy atom. The minimum atomic E-state index is -0.521. The lowest BCUT2D eigenvalue weighted by Crippen LogP contribution is -2.25. The Kier molecular flexibility index (Phi) is 4.03. The Hall–Kier alpha value is -2.49. The van der Waals surface area contributed by atoms with E-state index < -0.39 is 6.09 Å². The summed E-state index contributed by atoms with van der Waals surface area (Å²) in [7, 11) is 0. The molecular weight excluding hydrogens is 242 g/mol. The average Bonchev–Trinajstić information content (AvgIpc) is 2.60. The summed E-state index contributed by atoms with van der Waals surface area (Å²) in [5, 5.41) is 9.67. The van der Waals surface area contributed by atoms with Gasteiger partial charge >= 0.3 is 6.09 Å². The molecule has 1 aliphatic heterocycles. The number of ether oxygens (including phenoxy) is 1. The molecule has 0 aromatic heterocycles. The summed E-state index contributed by atoms with van der Waals surface area (Å²) >= 11 is 0. The van der Waals surface area contributed by atoms with Crippen LogP contribution >= 0.6 is 0 Å². The quantitative estimate of drug-likeness (QED) is 0.882. The molecule has 1 aromatic rings. The number of carbonyl (C=O) groups excluding carboxylic acids is 1. The van der Waals surface area contributed by atoms with Gasteiger partial charge in [-0.05, 0) is 24.6 Å². The molecular formula is C15H15NO3. The maximum Gasteiger partial charge on any atom is 0.418 e. The molecule has 2 rings (SSSR count). The van der Waals surface area contributed by atoms with Crippen molar-refractivity contribution in [1.82, 2.24) is 4.90 Å². The van der Waals surface area contributed by atoms with E-state index in [4.69, 9.17) is 4.74 Å². The number of rotatable bonds is 2. The smallest absolute Gasteiger partial charge is 0.418 e. The molecule has 1 amide bonds. The van der Waals surface area contributed by atoms with Gasteiger partial charge in [-0.3, -0.25) is 4.90 Å². The highest BCUT2D eigenvalue weighted by atomic mass is 16.6. The molecule has 0 aliphatic carbocycles. The first kappa shape index (κ1) is 13.0. The van der Waals surface area contributed by atoms with Crippen LogP contribution < -0.4 is 0 Å². The molecule has 0 bridgehead atoms. The van der Waals surface area contributed by atoms with Gasteiger partial charge < -0.3 is 9.84 Å². The number of aliphatic hydroxyl groups excluding tert-OH is 1. The molecule has 1 aromatic carbocycles. The first-order valence-corrected chi connectivity index (χ1v) is 5.93. The monoisotopic (exact) mass is 257 g/mol. The Morgan fingerprint density at radius 1 is 1.26 bits per heavy atom. The van der Waals surface area contributed by atoms with Crippen molar-refractivity contribution in [2.45, 2.75) is 13.5 Å². The first-order chi connectivity index (χ1) is 9.18. The zero-order valence-electron chi connectivity index (χ0n) is 10.6. The van der Waals surface area contributed by atoms with Crippen LogP contribution in [-0.4, -0.2) is 16.1 Å². The van der Waals surface area contributed by atoms with Crippen LogP contribution in [0.25, 0.3) is 0 Å². The van der Waals surface area contributed by atoms with Crippen LogP contribution in [0, 0.1) is 0 Å². The van der Waals surface area contributed by atoms with Gasteiger partial charge in [-0.15, -0.1) is 0 Å². The fourth-order valence-corrected chi connectivity index (χ4v) is 1.62. The summed E-state index contributed by atoms with van der Waals surface area (Å²) in [6.45, 7) is 1.85. The number of allylic oxidation sites excluding steroid dienone is 4. The molecule has 1 heterocycles. The van der Waals surface area contributed by atoms with Crippen molar-refractivity contribution in [3.8, 4) is 0 Å². The minimum absolute atomic E-state index is 0.0432. The highest BCUT2D eigenvalue weighted by Crippen LogP contribution is 2.15. The van der Waals surface area contributed by atoms with Gasteiger partial charge in [0.1, 0.15) is 12.4 Å². The van der Waals surface area contributed by atoms with Crippen molar-refractivity contribution in [3.63, 3.8) is 0 Å². The third kappa shape index (κ3) is 3.25. The van der Waals surface area contributed by atoms with Gasteiger partial charge in [0.25, 0.3) is 0 Å². The molecule has 0 saturated carbocycles. The predicted molar refractivity (Wildman–Crippen MR) is 72.1 cm³/mol. The van der Waals surface area contributed by atoms with E-state index in [1.54, 1.807) is 25.3 Å². The summed E-state index contributed by atoms with van der Waals surface area (Å²) in [6.07, 6.45) is 5.88. The van der Waals surface area contributed by atoms with E-state index in [9.17, 15) is 9.90 Å². The second kappa shape index (κ2) is 5.91. The van der Waals surface area contributed by atoms with E-state index >= 15 is 0 Å². The van der Waals surface area contributed by atoms with Crippen LogP contribution in [0.15, 0.2) is 66.2 Å². The van der Waals surface area contributed by atoms with Crippen LogP contribution in [0.1, 0.15) is 12.5 Å². The summed E-state index contributed by atoms with van der Waals surface area (Å²) in [4.78, 5) is 13.2. The summed E-state index contributed by atoms with van der Waals surface area (Å²) in [6, 6.07) is 9.44. The molecule has 0 spiro atoms. The fraction of sp³-hybridized carbons (Fsp3) is 0.133. The van der Waals surface area contributed by atoms with Crippen LogP contribution in [0.3, 0.4) is 0 Å². The second-order valence-corrected chi connectivity index (χ2v) is 4.08. The van der Waals surface area contributed by atoms with Gasteiger partial charge in [0, 0.05) is 6.20 Å². The van der Waals surface area contributed by atoms with Crippen molar-refractivity contribution in [3.05, 3.63) is 71.8 Å². The van der Waals surface area contributed by atoms with Crippen molar-refractivity contribution < 1.29 is 14.6 Å². The van der Waals surface area contributed by atoms with Gasteiger partial charge in [-0.2, -0.15) is 0 Å². The zero-order valence-corrected chi connectivity index (χ0v) is 10.6. The Labute approximate surface area is 111 Å². The Morgan fingerprint density at radius 2 is 2.00 bits per heavy atom. The largest absolute Gasteiger partial charge is 0.506 e.